The highest BCUT2D eigenvalue weighted by Gasteiger charge is 2.07. The number of ether oxygens (including phenoxy) is 1. The Morgan fingerprint density at radius 3 is 2.67 bits per heavy atom. The minimum Gasteiger partial charge on any atom is -0.494 e. The molecule has 142 valence electrons. The van der Waals surface area contributed by atoms with Crippen LogP contribution >= 0.6 is 0 Å². The Hall–Kier alpha value is -2.82. The fourth-order valence-corrected chi connectivity index (χ4v) is 2.94. The van der Waals surface area contributed by atoms with Crippen LogP contribution in [0.25, 0.3) is 11.0 Å². The van der Waals surface area contributed by atoms with Gasteiger partial charge in [-0.15, -0.1) is 0 Å². The first-order valence-corrected chi connectivity index (χ1v) is 9.71. The van der Waals surface area contributed by atoms with E-state index in [2.05, 4.69) is 22.2 Å². The molecule has 3 rings (SSSR count). The van der Waals surface area contributed by atoms with Crippen LogP contribution in [0.1, 0.15) is 48.8 Å². The third kappa shape index (κ3) is 5.58. The number of para-hydroxylation sites is 2. The molecule has 27 heavy (non-hydrogen) atoms. The highest BCUT2D eigenvalue weighted by molar-refractivity contribution is 5.94. The van der Waals surface area contributed by atoms with Crippen LogP contribution in [-0.4, -0.2) is 29.0 Å². The lowest BCUT2D eigenvalue weighted by atomic mass is 10.2. The molecule has 0 atom stereocenters. The molecule has 0 aliphatic heterocycles. The van der Waals surface area contributed by atoms with Crippen molar-refractivity contribution in [1.82, 2.24) is 15.3 Å². The molecule has 0 saturated carbocycles. The molecule has 2 N–H and O–H groups in total. The van der Waals surface area contributed by atoms with Gasteiger partial charge in [0, 0.05) is 18.5 Å². The molecule has 0 aliphatic rings. The molecule has 2 aromatic carbocycles. The first kappa shape index (κ1) is 19.0. The number of fused-ring (bicyclic) bond motifs is 1. The average molecular weight is 365 g/mol. The maximum atomic E-state index is 12.3. The largest absolute Gasteiger partial charge is 0.494 e. The Morgan fingerprint density at radius 2 is 1.89 bits per heavy atom. The number of nitrogens with zero attached hydrogens (tertiary/aromatic N) is 1. The van der Waals surface area contributed by atoms with Gasteiger partial charge in [0.25, 0.3) is 5.91 Å². The van der Waals surface area contributed by atoms with Crippen LogP contribution in [-0.2, 0) is 6.42 Å². The van der Waals surface area contributed by atoms with Gasteiger partial charge in [-0.3, -0.25) is 4.79 Å². The summed E-state index contributed by atoms with van der Waals surface area (Å²) in [7, 11) is 0. The number of aromatic nitrogens is 2. The Bertz CT molecular complexity index is 822. The fourth-order valence-electron chi connectivity index (χ4n) is 2.94. The maximum absolute atomic E-state index is 12.3. The van der Waals surface area contributed by atoms with E-state index in [1.165, 1.54) is 19.3 Å². The Morgan fingerprint density at radius 1 is 1.07 bits per heavy atom. The summed E-state index contributed by atoms with van der Waals surface area (Å²) in [4.78, 5) is 20.1. The van der Waals surface area contributed by atoms with Crippen molar-refractivity contribution < 1.29 is 9.53 Å². The summed E-state index contributed by atoms with van der Waals surface area (Å²) >= 11 is 0. The second kappa shape index (κ2) is 9.76. The van der Waals surface area contributed by atoms with E-state index in [1.54, 1.807) is 12.1 Å². The number of carbonyl (C=O) groups is 1. The van der Waals surface area contributed by atoms with Crippen molar-refractivity contribution in [2.24, 2.45) is 0 Å². The summed E-state index contributed by atoms with van der Waals surface area (Å²) in [5.41, 5.74) is 2.60. The summed E-state index contributed by atoms with van der Waals surface area (Å²) in [6, 6.07) is 15.2. The highest BCUT2D eigenvalue weighted by Crippen LogP contribution is 2.13. The first-order valence-electron chi connectivity index (χ1n) is 9.71. The first-order chi connectivity index (χ1) is 13.3. The molecule has 0 bridgehead atoms. The minimum atomic E-state index is -0.0828. The molecular weight excluding hydrogens is 338 g/mol. The van der Waals surface area contributed by atoms with Crippen LogP contribution in [0.5, 0.6) is 5.75 Å². The number of rotatable bonds is 10. The number of aromatic amines is 1. The molecule has 0 fully saturated rings. The van der Waals surface area contributed by atoms with Gasteiger partial charge in [-0.1, -0.05) is 38.3 Å². The van der Waals surface area contributed by atoms with Crippen LogP contribution < -0.4 is 10.1 Å². The van der Waals surface area contributed by atoms with Gasteiger partial charge in [0.1, 0.15) is 11.6 Å². The van der Waals surface area contributed by atoms with E-state index in [4.69, 9.17) is 4.74 Å². The summed E-state index contributed by atoms with van der Waals surface area (Å²) in [5, 5.41) is 2.94. The Kier molecular flexibility index (Phi) is 6.85. The molecule has 5 nitrogen and oxygen atoms in total. The summed E-state index contributed by atoms with van der Waals surface area (Å²) < 4.78 is 5.71. The van der Waals surface area contributed by atoms with Crippen molar-refractivity contribution in [3.8, 4) is 5.75 Å². The van der Waals surface area contributed by atoms with E-state index >= 15 is 0 Å². The van der Waals surface area contributed by atoms with Crippen LogP contribution in [0.4, 0.5) is 0 Å². The van der Waals surface area contributed by atoms with E-state index < -0.39 is 0 Å². The number of unbranched alkanes of at least 4 members (excludes halogenated alkanes) is 3. The van der Waals surface area contributed by atoms with Crippen molar-refractivity contribution in [2.75, 3.05) is 13.2 Å². The van der Waals surface area contributed by atoms with Gasteiger partial charge in [0.2, 0.25) is 0 Å². The normalized spacial score (nSPS) is 10.9. The van der Waals surface area contributed by atoms with Crippen LogP contribution in [0, 0.1) is 0 Å². The molecule has 5 heteroatoms. The quantitative estimate of drug-likeness (QED) is 0.520. The number of hydrogen-bond acceptors (Lipinski definition) is 3. The zero-order valence-electron chi connectivity index (χ0n) is 15.8. The number of imidazole rings is 1. The molecule has 1 heterocycles. The summed E-state index contributed by atoms with van der Waals surface area (Å²) in [5.74, 6) is 1.61. The molecule has 1 aromatic heterocycles. The van der Waals surface area contributed by atoms with Crippen molar-refractivity contribution in [3.63, 3.8) is 0 Å². The average Bonchev–Trinajstić information content (AvgIpc) is 3.11. The van der Waals surface area contributed by atoms with Gasteiger partial charge in [-0.25, -0.2) is 4.98 Å². The third-order valence-electron chi connectivity index (χ3n) is 4.47. The van der Waals surface area contributed by atoms with Gasteiger partial charge in [0.15, 0.2) is 0 Å². The monoisotopic (exact) mass is 365 g/mol. The van der Waals surface area contributed by atoms with Gasteiger partial charge in [-0.2, -0.15) is 0 Å². The van der Waals surface area contributed by atoms with Crippen LogP contribution in [0.2, 0.25) is 0 Å². The van der Waals surface area contributed by atoms with E-state index in [9.17, 15) is 4.79 Å². The fraction of sp³-hybridized carbons (Fsp3) is 0.364. The van der Waals surface area contributed by atoms with E-state index in [1.807, 2.05) is 36.4 Å². The smallest absolute Gasteiger partial charge is 0.251 e. The van der Waals surface area contributed by atoms with E-state index in [-0.39, 0.29) is 5.91 Å². The van der Waals surface area contributed by atoms with Gasteiger partial charge >= 0.3 is 0 Å². The lowest BCUT2D eigenvalue weighted by Gasteiger charge is -2.07. The minimum absolute atomic E-state index is 0.0828. The molecule has 0 radical (unpaired) electrons. The zero-order chi connectivity index (χ0) is 18.9. The number of amides is 1. The van der Waals surface area contributed by atoms with Crippen molar-refractivity contribution in [1.29, 1.82) is 0 Å². The summed E-state index contributed by atoms with van der Waals surface area (Å²) in [6.07, 6.45) is 5.40. The summed E-state index contributed by atoms with van der Waals surface area (Å²) in [6.45, 7) is 3.46. The number of benzene rings is 2. The Labute approximate surface area is 160 Å². The van der Waals surface area contributed by atoms with Crippen LogP contribution in [0.15, 0.2) is 48.5 Å². The van der Waals surface area contributed by atoms with Crippen molar-refractivity contribution in [3.05, 3.63) is 59.9 Å². The topological polar surface area (TPSA) is 67.0 Å². The molecule has 0 aliphatic carbocycles. The molecule has 3 aromatic rings. The highest BCUT2D eigenvalue weighted by atomic mass is 16.5. The predicted octanol–water partition coefficient (Wildman–Crippen LogP) is 4.49. The van der Waals surface area contributed by atoms with E-state index in [0.29, 0.717) is 18.5 Å². The SMILES string of the molecule is CCCCCCOc1ccc(C(=O)NCCc2nc3ccccc3[nH]2)cc1. The molecule has 0 unspecified atom stereocenters. The zero-order valence-corrected chi connectivity index (χ0v) is 15.8. The van der Waals surface area contributed by atoms with Gasteiger partial charge in [-0.05, 0) is 42.8 Å². The molecule has 1 amide bonds. The standard InChI is InChI=1S/C22H27N3O2/c1-2-3-4-7-16-27-18-12-10-17(11-13-18)22(26)23-15-14-21-24-19-8-5-6-9-20(19)25-21/h5-6,8-13H,2-4,7,14-16H2,1H3,(H,23,26)(H,24,25). The predicted molar refractivity (Wildman–Crippen MR) is 108 cm³/mol. The third-order valence-corrected chi connectivity index (χ3v) is 4.47. The second-order valence-electron chi connectivity index (χ2n) is 6.64. The number of carbonyl (C=O) groups excluding carboxylic acids is 1. The maximum Gasteiger partial charge on any atom is 0.251 e. The van der Waals surface area contributed by atoms with Crippen molar-refractivity contribution >= 4 is 16.9 Å². The lowest BCUT2D eigenvalue weighted by molar-refractivity contribution is 0.0954. The molecule has 0 spiro atoms. The van der Waals surface area contributed by atoms with Crippen LogP contribution in [0.3, 0.4) is 0 Å². The molecule has 0 saturated heterocycles. The lowest BCUT2D eigenvalue weighted by Crippen LogP contribution is -2.25. The van der Waals surface area contributed by atoms with Crippen molar-refractivity contribution in [2.45, 2.75) is 39.0 Å². The number of hydrogen-bond donors (Lipinski definition) is 2. The second-order valence-corrected chi connectivity index (χ2v) is 6.64. The number of nitrogens with one attached hydrogen (secondary N) is 2. The molecular formula is C22H27N3O2. The van der Waals surface area contributed by atoms with Gasteiger partial charge < -0.3 is 15.0 Å². The van der Waals surface area contributed by atoms with Gasteiger partial charge in [0.05, 0.1) is 17.6 Å². The number of H-pyrrole nitrogens is 1. The van der Waals surface area contributed by atoms with E-state index in [0.717, 1.165) is 35.6 Å². The Balaban J connectivity index is 1.42.